The average molecular weight is 374 g/mol. The molecule has 7 heteroatoms. The smallest absolute Gasteiger partial charge is 0.448 e. The first-order valence-electron chi connectivity index (χ1n) is 3.47. The van der Waals surface area contributed by atoms with E-state index in [1.54, 1.807) is 5.38 Å². The maximum atomic E-state index is 11.8. The molecule has 15 heavy (non-hydrogen) atoms. The molecule has 1 aromatic rings. The topological polar surface area (TPSA) is 37.3 Å². The van der Waals surface area contributed by atoms with Crippen molar-refractivity contribution in [1.82, 2.24) is 0 Å². The first-order valence-corrected chi connectivity index (χ1v) is 4.35. The van der Waals surface area contributed by atoms with Crippen molar-refractivity contribution < 1.29 is 72.4 Å². The van der Waals surface area contributed by atoms with E-state index in [0.717, 1.165) is 11.3 Å². The molecule has 1 N–H and O–H groups in total. The predicted octanol–water partition coefficient (Wildman–Crippen LogP) is 2.94. The van der Waals surface area contributed by atoms with Crippen LogP contribution in [0, 0.1) is 49.4 Å². The summed E-state index contributed by atoms with van der Waals surface area (Å²) in [6.07, 6.45) is -4.70. The largest absolute Gasteiger partial charge is 0.504 e. The molecule has 1 aromatic heterocycles. The number of hydrogen-bond donors (Lipinski definition) is 1. The van der Waals surface area contributed by atoms with E-state index in [-0.39, 0.29) is 60.3 Å². The normalized spacial score (nSPS) is 12.1. The van der Waals surface area contributed by atoms with Crippen LogP contribution in [0.5, 0.6) is 0 Å². The van der Waals surface area contributed by atoms with Gasteiger partial charge in [-0.2, -0.15) is 13.2 Å². The Kier molecular flexibility index (Phi) is 6.24. The molecule has 0 bridgehead atoms. The summed E-state index contributed by atoms with van der Waals surface area (Å²) in [7, 11) is 0. The maximum absolute atomic E-state index is 11.8. The van der Waals surface area contributed by atoms with Gasteiger partial charge in [0.1, 0.15) is 0 Å². The molecule has 0 aliphatic heterocycles. The van der Waals surface area contributed by atoms with E-state index in [1.807, 2.05) is 0 Å². The fourth-order valence-electron chi connectivity index (χ4n) is 0.696. The van der Waals surface area contributed by atoms with Crippen LogP contribution >= 0.6 is 11.3 Å². The van der Waals surface area contributed by atoms with Gasteiger partial charge >= 0.3 is 6.18 Å². The molecule has 83 valence electrons. The van der Waals surface area contributed by atoms with Gasteiger partial charge in [0.2, 0.25) is 5.76 Å². The van der Waals surface area contributed by atoms with E-state index in [2.05, 4.69) is 0 Å². The van der Waals surface area contributed by atoms with Crippen molar-refractivity contribution in [2.45, 2.75) is 6.18 Å². The molecule has 0 aromatic carbocycles. The van der Waals surface area contributed by atoms with E-state index in [9.17, 15) is 18.0 Å². The van der Waals surface area contributed by atoms with Gasteiger partial charge in [-0.1, -0.05) is 6.07 Å². The van der Waals surface area contributed by atoms with Gasteiger partial charge in [0, 0.05) is 55.5 Å². The zero-order chi connectivity index (χ0) is 10.8. The molecule has 0 saturated heterocycles. The number of thiophene rings is 1. The number of aliphatic hydroxyl groups is 1. The van der Waals surface area contributed by atoms with Crippen molar-refractivity contribution in [3.8, 4) is 0 Å². The van der Waals surface area contributed by atoms with Crippen molar-refractivity contribution in [2.75, 3.05) is 0 Å². The van der Waals surface area contributed by atoms with Crippen LogP contribution in [0.4, 0.5) is 13.2 Å². The van der Waals surface area contributed by atoms with Crippen LogP contribution in [0.3, 0.4) is 0 Å². The molecule has 0 unspecified atom stereocenters. The number of ketones is 1. The second-order valence-electron chi connectivity index (χ2n) is 2.37. The second kappa shape index (κ2) is 6.13. The van der Waals surface area contributed by atoms with Crippen molar-refractivity contribution in [1.29, 1.82) is 0 Å². The minimum Gasteiger partial charge on any atom is -0.504 e. The second-order valence-corrected chi connectivity index (χ2v) is 3.32. The Bertz CT molecular complexity index is 356. The molecular weight excluding hydrogens is 369 g/mol. The number of hydrogen-bond acceptors (Lipinski definition) is 3. The molecule has 0 fully saturated rings. The zero-order valence-corrected chi connectivity index (χ0v) is 10.3. The van der Waals surface area contributed by atoms with Crippen LogP contribution in [-0.2, 0) is 0 Å². The van der Waals surface area contributed by atoms with Crippen molar-refractivity contribution in [3.05, 3.63) is 34.2 Å². The monoisotopic (exact) mass is 375 g/mol. The van der Waals surface area contributed by atoms with Crippen molar-refractivity contribution >= 4 is 17.1 Å². The Labute approximate surface area is 128 Å². The van der Waals surface area contributed by atoms with Crippen LogP contribution in [0.1, 0.15) is 9.67 Å². The standard InChI is InChI=1S/C8H5F3O2S.Eu/c9-8(10,11)7(13)4-5(12)6-2-1-3-14-6;/h1-4,13H;/b7-4-;. The Balaban J connectivity index is 0.00000196. The summed E-state index contributed by atoms with van der Waals surface area (Å²) in [5.41, 5.74) is 0. The van der Waals surface area contributed by atoms with Gasteiger partial charge in [0.05, 0.1) is 4.88 Å². The van der Waals surface area contributed by atoms with Crippen LogP contribution in [-0.4, -0.2) is 17.1 Å². The minimum atomic E-state index is -4.87. The number of halogens is 3. The van der Waals surface area contributed by atoms with Crippen molar-refractivity contribution in [3.63, 3.8) is 0 Å². The molecule has 2 nitrogen and oxygen atoms in total. The maximum Gasteiger partial charge on any atom is 0.448 e. The van der Waals surface area contributed by atoms with Gasteiger partial charge in [-0.25, -0.2) is 0 Å². The van der Waals surface area contributed by atoms with E-state index >= 15 is 0 Å². The molecule has 0 saturated carbocycles. The summed E-state index contributed by atoms with van der Waals surface area (Å²) < 4.78 is 35.4. The molecule has 0 aliphatic rings. The van der Waals surface area contributed by atoms with E-state index < -0.39 is 17.7 Å². The third kappa shape index (κ3) is 4.76. The molecule has 0 amide bonds. The zero-order valence-electron chi connectivity index (χ0n) is 7.08. The van der Waals surface area contributed by atoms with Gasteiger partial charge in [-0.3, -0.25) is 4.79 Å². The summed E-state index contributed by atoms with van der Waals surface area (Å²) in [5.74, 6) is -2.73. The summed E-state index contributed by atoms with van der Waals surface area (Å²) in [6.45, 7) is 0. The van der Waals surface area contributed by atoms with Crippen molar-refractivity contribution in [2.24, 2.45) is 0 Å². The van der Waals surface area contributed by atoms with Gasteiger partial charge in [-0.15, -0.1) is 11.3 Å². The first kappa shape index (κ1) is 15.3. The Morgan fingerprint density at radius 3 is 2.47 bits per heavy atom. The number of carbonyl (C=O) groups excluding carboxylic acids is 1. The van der Waals surface area contributed by atoms with Crippen LogP contribution in [0.15, 0.2) is 29.3 Å². The van der Waals surface area contributed by atoms with Gasteiger partial charge in [-0.05, 0) is 11.4 Å². The fraction of sp³-hybridized carbons (Fsp3) is 0.125. The molecule has 0 aliphatic carbocycles. The minimum absolute atomic E-state index is 0. The summed E-state index contributed by atoms with van der Waals surface area (Å²) in [4.78, 5) is 11.2. The number of alkyl halides is 3. The van der Waals surface area contributed by atoms with E-state index in [4.69, 9.17) is 5.11 Å². The van der Waals surface area contributed by atoms with E-state index in [0.29, 0.717) is 0 Å². The summed E-state index contributed by atoms with van der Waals surface area (Å²) in [6, 6.07) is 2.92. The summed E-state index contributed by atoms with van der Waals surface area (Å²) >= 11 is 1.01. The van der Waals surface area contributed by atoms with Crippen LogP contribution in [0.25, 0.3) is 0 Å². The molecular formula is C8H5EuF3O2S. The third-order valence-corrected chi connectivity index (χ3v) is 2.21. The van der Waals surface area contributed by atoms with E-state index in [1.165, 1.54) is 12.1 Å². The van der Waals surface area contributed by atoms with Crippen LogP contribution < -0.4 is 0 Å². The third-order valence-electron chi connectivity index (χ3n) is 1.32. The fourth-order valence-corrected chi connectivity index (χ4v) is 1.33. The molecule has 1 heterocycles. The SMILES string of the molecule is O=C(/C=C(\O)C(F)(F)F)c1cccs1.[Eu]. The van der Waals surface area contributed by atoms with Gasteiger partial charge in [0.25, 0.3) is 0 Å². The number of rotatable bonds is 2. The van der Waals surface area contributed by atoms with Gasteiger partial charge < -0.3 is 5.11 Å². The van der Waals surface area contributed by atoms with Gasteiger partial charge in [0.15, 0.2) is 5.78 Å². The average Bonchev–Trinajstić information content (AvgIpc) is 2.53. The van der Waals surface area contributed by atoms with Crippen LogP contribution in [0.2, 0.25) is 0 Å². The number of aliphatic hydroxyl groups excluding tert-OH is 1. The Morgan fingerprint density at radius 2 is 2.07 bits per heavy atom. The molecule has 1 rings (SSSR count). The molecule has 1 radical (unpaired) electrons. The molecule has 0 spiro atoms. The quantitative estimate of drug-likeness (QED) is 0.491. The number of allylic oxidation sites excluding steroid dienone is 2. The number of carbonyl (C=O) groups is 1. The Morgan fingerprint density at radius 1 is 1.47 bits per heavy atom. The first-order chi connectivity index (χ1) is 6.41. The molecule has 0 atom stereocenters. The summed E-state index contributed by atoms with van der Waals surface area (Å²) in [5, 5.41) is 10.0. The Hall–Kier alpha value is 0.284. The predicted molar refractivity (Wildman–Crippen MR) is 45.4 cm³/mol.